The van der Waals surface area contributed by atoms with Crippen molar-refractivity contribution in [2.45, 2.75) is 57.8 Å². The second kappa shape index (κ2) is 16.6. The molecule has 4 nitrogen and oxygen atoms in total. The summed E-state index contributed by atoms with van der Waals surface area (Å²) in [5.41, 5.74) is 0.661. The molecule has 1 aliphatic heterocycles. The third-order valence-electron chi connectivity index (χ3n) is 6.35. The number of anilines is 1. The largest absolute Gasteiger partial charge is 0.355 e. The van der Waals surface area contributed by atoms with Gasteiger partial charge < -0.3 is 9.64 Å². The molecule has 6 heteroatoms. The van der Waals surface area contributed by atoms with Gasteiger partial charge in [-0.05, 0) is 67.7 Å². The Bertz CT molecular complexity index is 1260. The first-order chi connectivity index (χ1) is 19.0. The Kier molecular flexibility index (Phi) is 13.2. The first-order valence-electron chi connectivity index (χ1n) is 14.0. The van der Waals surface area contributed by atoms with Crippen LogP contribution in [-0.2, 0) is 0 Å². The molecule has 1 aliphatic rings. The average Bonchev–Trinajstić information content (AvgIpc) is 3.62. The molecule has 1 saturated heterocycles. The third-order valence-corrected chi connectivity index (χ3v) is 14.0. The Morgan fingerprint density at radius 2 is 1.59 bits per heavy atom. The predicted molar refractivity (Wildman–Crippen MR) is 179 cm³/mol. The van der Waals surface area contributed by atoms with E-state index in [9.17, 15) is 4.79 Å². The maximum atomic E-state index is 11.2. The Labute approximate surface area is 246 Å². The molecular weight excluding hydrogens is 615 g/mol. The van der Waals surface area contributed by atoms with Crippen molar-refractivity contribution in [3.05, 3.63) is 84.4 Å². The molecule has 0 saturated carbocycles. The summed E-state index contributed by atoms with van der Waals surface area (Å²) in [6, 6.07) is 25.2. The fourth-order valence-electron chi connectivity index (χ4n) is 4.20. The van der Waals surface area contributed by atoms with Crippen molar-refractivity contribution in [1.29, 1.82) is 0 Å². The molecular formula is C33H43IN2O2S. The smallest absolute Gasteiger partial charge is 0.150 e. The van der Waals surface area contributed by atoms with Crippen molar-refractivity contribution in [3.8, 4) is 11.5 Å². The van der Waals surface area contributed by atoms with E-state index in [1.165, 1.54) is 39.1 Å². The van der Waals surface area contributed by atoms with Crippen LogP contribution >= 0.6 is 31.4 Å². The number of hydrogen-bond donors (Lipinski definition) is 0. The molecule has 210 valence electrons. The summed E-state index contributed by atoms with van der Waals surface area (Å²) in [5.74, 6) is 2.66. The number of nitrogens with zero attached hydrogens (tertiary/aromatic N) is 2. The number of carbonyl (C=O) groups excluding carboxylic acids is 1. The number of para-hydroxylation sites is 1. The summed E-state index contributed by atoms with van der Waals surface area (Å²) >= 11 is 1.44. The third kappa shape index (κ3) is 9.91. The number of carbonyl (C=O) groups is 1. The molecule has 1 aromatic heterocycles. The number of ether oxygens (including phenoxy) is 1. The van der Waals surface area contributed by atoms with E-state index in [0.29, 0.717) is 11.3 Å². The van der Waals surface area contributed by atoms with Gasteiger partial charge in [-0.25, -0.2) is 0 Å². The zero-order valence-corrected chi connectivity index (χ0v) is 27.0. The molecule has 0 N–H and O–H groups in total. The molecule has 0 bridgehead atoms. The fraction of sp³-hybridized carbons (Fsp3) is 0.394. The molecule has 3 aromatic carbocycles. The van der Waals surface area contributed by atoms with Crippen LogP contribution in [0.4, 0.5) is 5.82 Å². The quantitative estimate of drug-likeness (QED) is 0.0967. The Balaban J connectivity index is 0.000000174. The molecule has 4 aromatic rings. The van der Waals surface area contributed by atoms with Gasteiger partial charge in [0.1, 0.15) is 17.3 Å². The van der Waals surface area contributed by atoms with E-state index in [-0.39, 0.29) is 25.6 Å². The van der Waals surface area contributed by atoms with E-state index in [1.54, 1.807) is 39.4 Å². The van der Waals surface area contributed by atoms with Crippen molar-refractivity contribution >= 4 is 53.0 Å². The van der Waals surface area contributed by atoms with Crippen LogP contribution in [0.5, 0.6) is 11.5 Å². The van der Waals surface area contributed by atoms with E-state index in [2.05, 4.69) is 61.2 Å². The number of fused-ring (bicyclic) bond motifs is 1. The summed E-state index contributed by atoms with van der Waals surface area (Å²) in [7, 11) is 0. The number of ketones is 1. The molecule has 0 aliphatic carbocycles. The van der Waals surface area contributed by atoms with E-state index in [0.717, 1.165) is 18.8 Å². The van der Waals surface area contributed by atoms with Crippen LogP contribution in [0, 0.1) is 0 Å². The Morgan fingerprint density at radius 3 is 2.18 bits per heavy atom. The minimum atomic E-state index is -0.159. The van der Waals surface area contributed by atoms with Gasteiger partial charge in [0.25, 0.3) is 0 Å². The first kappa shape index (κ1) is 31.1. The predicted octanol–water partition coefficient (Wildman–Crippen LogP) is 9.91. The topological polar surface area (TPSA) is 42.4 Å². The second-order valence-electron chi connectivity index (χ2n) is 9.41. The zero-order valence-electron chi connectivity index (χ0n) is 24.0. The van der Waals surface area contributed by atoms with Gasteiger partial charge in [0, 0.05) is 24.0 Å². The van der Waals surface area contributed by atoms with Crippen molar-refractivity contribution < 1.29 is 9.53 Å². The van der Waals surface area contributed by atoms with Crippen molar-refractivity contribution in [1.82, 2.24) is 4.37 Å². The van der Waals surface area contributed by atoms with Crippen molar-refractivity contribution in [3.63, 3.8) is 0 Å². The van der Waals surface area contributed by atoms with E-state index in [4.69, 9.17) is 4.74 Å². The standard InChI is InChI=1S/C14H12O2.C13H18N2S.C6H13I/c1-11(15)12-6-5-9-14(10-12)16-13-7-3-2-4-8-13;1-3-9-15(10-4-2)13-11-7-5-6-8-12(11)16-14-13;1-3-6-5-7(6)4-2/h2-10H,1H3;5-8H,3-4,9-10H2,1-2H3;6H,3-5H2,1-2H3. The van der Waals surface area contributed by atoms with Gasteiger partial charge in [0.2, 0.25) is 0 Å². The van der Waals surface area contributed by atoms with E-state index in [1.807, 2.05) is 42.5 Å². The molecule has 1 atom stereocenters. The van der Waals surface area contributed by atoms with Gasteiger partial charge in [0.15, 0.2) is 5.78 Å². The molecule has 2 heterocycles. The Morgan fingerprint density at radius 1 is 0.923 bits per heavy atom. The number of halogens is 1. The van der Waals surface area contributed by atoms with Gasteiger partial charge in [-0.1, -0.05) is 56.3 Å². The molecule has 1 fully saturated rings. The molecule has 5 rings (SSSR count). The number of aromatic nitrogens is 1. The van der Waals surface area contributed by atoms with Crippen LogP contribution in [-0.4, -0.2) is 36.0 Å². The molecule has 1 unspecified atom stereocenters. The molecule has 39 heavy (non-hydrogen) atoms. The van der Waals surface area contributed by atoms with Gasteiger partial charge in [-0.3, -0.25) is 4.79 Å². The number of hydrogen-bond acceptors (Lipinski definition) is 5. The van der Waals surface area contributed by atoms with Gasteiger partial charge in [0.05, 0.1) is 4.70 Å². The van der Waals surface area contributed by atoms with E-state index < -0.39 is 0 Å². The van der Waals surface area contributed by atoms with Crippen molar-refractivity contribution in [2.24, 2.45) is 0 Å². The van der Waals surface area contributed by atoms with Gasteiger partial charge in [-0.15, -0.1) is 0 Å². The fourth-order valence-corrected chi connectivity index (χ4v) is 11.4. The first-order valence-corrected chi connectivity index (χ1v) is 19.1. The van der Waals surface area contributed by atoms with Crippen LogP contribution in [0.1, 0.15) is 64.2 Å². The maximum absolute atomic E-state index is 11.2. The number of benzene rings is 3. The maximum Gasteiger partial charge on any atom is 0.150 e. The minimum Gasteiger partial charge on any atom is -0.355 e. The molecule has 0 spiro atoms. The van der Waals surface area contributed by atoms with Gasteiger partial charge in [-0.2, -0.15) is 4.37 Å². The van der Waals surface area contributed by atoms with Crippen LogP contribution in [0.25, 0.3) is 10.1 Å². The summed E-state index contributed by atoms with van der Waals surface area (Å²) in [6.07, 6.45) is 3.83. The average molecular weight is 659 g/mol. The minimum absolute atomic E-state index is 0.0403. The van der Waals surface area contributed by atoms with Crippen LogP contribution in [0.2, 0.25) is 0 Å². The van der Waals surface area contributed by atoms with Crippen LogP contribution < -0.4 is 9.64 Å². The zero-order chi connectivity index (χ0) is 28.0. The number of alkyl halides is 3. The second-order valence-corrected chi connectivity index (χ2v) is 17.2. The normalized spacial score (nSPS) is 14.5. The summed E-state index contributed by atoms with van der Waals surface area (Å²) in [4.78, 5) is 13.6. The van der Waals surface area contributed by atoms with Crippen molar-refractivity contribution in [2.75, 3.05) is 26.8 Å². The number of Topliss-reactive ketones (excluding diaryl/α,β-unsaturated/α-hetero) is 1. The molecule has 0 amide bonds. The SMILES string of the molecule is CC(=O)c1cccc(Oc2ccccc2)c1.CCC1CI1CC.CCCN(CCC)c1nsc2ccccc12. The monoisotopic (exact) mass is 658 g/mol. The summed E-state index contributed by atoms with van der Waals surface area (Å²) < 4.78 is 16.0. The van der Waals surface area contributed by atoms with Gasteiger partial charge >= 0.3 is 52.9 Å². The number of rotatable bonds is 10. The Hall–Kier alpha value is -2.45. The van der Waals surface area contributed by atoms with Crippen LogP contribution in [0.3, 0.4) is 0 Å². The van der Waals surface area contributed by atoms with Crippen LogP contribution in [0.15, 0.2) is 78.9 Å². The summed E-state index contributed by atoms with van der Waals surface area (Å²) in [6.45, 7) is 12.9. The van der Waals surface area contributed by atoms with E-state index >= 15 is 0 Å². The molecule has 0 radical (unpaired) electrons. The summed E-state index contributed by atoms with van der Waals surface area (Å²) in [5, 5.41) is 1.30.